The zero-order valence-electron chi connectivity index (χ0n) is 9.34. The summed E-state index contributed by atoms with van der Waals surface area (Å²) in [7, 11) is 0. The van der Waals surface area contributed by atoms with Crippen LogP contribution in [0.5, 0.6) is 0 Å². The first-order valence-electron chi connectivity index (χ1n) is 5.59. The van der Waals surface area contributed by atoms with Crippen molar-refractivity contribution in [2.45, 2.75) is 6.92 Å². The van der Waals surface area contributed by atoms with Crippen LogP contribution in [0.4, 0.5) is 0 Å². The number of nitrogens with zero attached hydrogens (tertiary/aromatic N) is 2. The topological polar surface area (TPSA) is 30.4 Å². The van der Waals surface area contributed by atoms with Gasteiger partial charge in [0.15, 0.2) is 5.58 Å². The van der Waals surface area contributed by atoms with E-state index in [1.165, 1.54) is 5.56 Å². The monoisotopic (exact) mass is 222 g/mol. The van der Waals surface area contributed by atoms with Gasteiger partial charge in [0, 0.05) is 0 Å². The molecule has 0 saturated heterocycles. The molecule has 0 unspecified atom stereocenters. The number of hydrogen-bond acceptors (Lipinski definition) is 2. The first-order valence-corrected chi connectivity index (χ1v) is 5.59. The molecule has 0 saturated carbocycles. The van der Waals surface area contributed by atoms with Crippen LogP contribution < -0.4 is 0 Å². The minimum absolute atomic E-state index is 0.659. The third-order valence-corrected chi connectivity index (χ3v) is 3.09. The molecule has 0 radical (unpaired) electrons. The molecule has 17 heavy (non-hydrogen) atoms. The minimum atomic E-state index is 0.659. The highest BCUT2D eigenvalue weighted by molar-refractivity contribution is 5.88. The van der Waals surface area contributed by atoms with E-state index in [0.717, 1.165) is 22.1 Å². The molecule has 0 bridgehead atoms. The Balaban J connectivity index is 2.33. The Labute approximate surface area is 97.3 Å². The zero-order valence-corrected chi connectivity index (χ0v) is 9.34. The van der Waals surface area contributed by atoms with Crippen LogP contribution in [0.25, 0.3) is 28.0 Å². The molecule has 82 valence electrons. The summed E-state index contributed by atoms with van der Waals surface area (Å²) in [5.41, 5.74) is 5.23. The summed E-state index contributed by atoms with van der Waals surface area (Å²) in [5, 5.41) is 0. The van der Waals surface area contributed by atoms with Gasteiger partial charge in [0.2, 0.25) is 0 Å². The molecule has 0 fully saturated rings. The van der Waals surface area contributed by atoms with Crippen molar-refractivity contribution < 1.29 is 4.42 Å². The second-order valence-electron chi connectivity index (χ2n) is 4.29. The smallest absolute Gasteiger partial charge is 0.307 e. The molecule has 0 atom stereocenters. The van der Waals surface area contributed by atoms with E-state index in [0.29, 0.717) is 5.84 Å². The Hall–Kier alpha value is -2.29. The average Bonchev–Trinajstić information content (AvgIpc) is 2.84. The van der Waals surface area contributed by atoms with Crippen LogP contribution in [0.2, 0.25) is 0 Å². The van der Waals surface area contributed by atoms with E-state index in [2.05, 4.69) is 28.4 Å². The van der Waals surface area contributed by atoms with Crippen molar-refractivity contribution in [3.63, 3.8) is 0 Å². The summed E-state index contributed by atoms with van der Waals surface area (Å²) >= 11 is 0. The molecule has 0 aliphatic carbocycles. The number of benzene rings is 2. The predicted octanol–water partition coefficient (Wildman–Crippen LogP) is 3.54. The highest BCUT2D eigenvalue weighted by Gasteiger charge is 2.11. The molecule has 0 amide bonds. The van der Waals surface area contributed by atoms with Crippen molar-refractivity contribution in [3.05, 3.63) is 48.0 Å². The van der Waals surface area contributed by atoms with Gasteiger partial charge in [0.05, 0.1) is 16.6 Å². The lowest BCUT2D eigenvalue weighted by Gasteiger charge is -1.94. The highest BCUT2D eigenvalue weighted by atomic mass is 16.4. The molecule has 2 aromatic carbocycles. The van der Waals surface area contributed by atoms with Gasteiger partial charge in [-0.1, -0.05) is 18.2 Å². The van der Waals surface area contributed by atoms with Gasteiger partial charge in [0.1, 0.15) is 0 Å². The fraction of sp³-hybridized carbons (Fsp3) is 0.0714. The van der Waals surface area contributed by atoms with E-state index in [4.69, 9.17) is 4.42 Å². The van der Waals surface area contributed by atoms with Crippen molar-refractivity contribution >= 4 is 28.0 Å². The van der Waals surface area contributed by atoms with Crippen LogP contribution in [0.15, 0.2) is 46.9 Å². The number of para-hydroxylation sites is 2. The molecule has 3 heteroatoms. The predicted molar refractivity (Wildman–Crippen MR) is 67.2 cm³/mol. The lowest BCUT2D eigenvalue weighted by Crippen LogP contribution is -1.80. The Morgan fingerprint density at radius 3 is 2.88 bits per heavy atom. The number of aryl methyl sites for hydroxylation is 1. The molecule has 0 spiro atoms. The zero-order chi connectivity index (χ0) is 11.4. The van der Waals surface area contributed by atoms with E-state index in [1.54, 1.807) is 0 Å². The van der Waals surface area contributed by atoms with Crippen LogP contribution in [0.1, 0.15) is 5.56 Å². The molecule has 0 aliphatic heterocycles. The summed E-state index contributed by atoms with van der Waals surface area (Å²) in [5.74, 6) is 0.659. The second-order valence-corrected chi connectivity index (χ2v) is 4.29. The van der Waals surface area contributed by atoms with Crippen LogP contribution in [0.3, 0.4) is 0 Å². The van der Waals surface area contributed by atoms with Gasteiger partial charge in [-0.25, -0.2) is 0 Å². The SMILES string of the molecule is Cc1ccc2oc3nc4ccccc4n3c2c1. The molecule has 2 heterocycles. The third-order valence-electron chi connectivity index (χ3n) is 3.09. The number of imidazole rings is 1. The summed E-state index contributed by atoms with van der Waals surface area (Å²) < 4.78 is 7.81. The van der Waals surface area contributed by atoms with Gasteiger partial charge in [-0.2, -0.15) is 4.98 Å². The molecular formula is C14H10N2O. The summed E-state index contributed by atoms with van der Waals surface area (Å²) in [6, 6.07) is 14.2. The maximum atomic E-state index is 5.74. The number of fused-ring (bicyclic) bond motifs is 5. The van der Waals surface area contributed by atoms with Gasteiger partial charge in [0.25, 0.3) is 0 Å². The number of rotatable bonds is 0. The summed E-state index contributed by atoms with van der Waals surface area (Å²) in [6.07, 6.45) is 0. The first-order chi connectivity index (χ1) is 8.33. The summed E-state index contributed by atoms with van der Waals surface area (Å²) in [6.45, 7) is 2.08. The van der Waals surface area contributed by atoms with Crippen molar-refractivity contribution in [2.75, 3.05) is 0 Å². The number of aromatic nitrogens is 2. The molecular weight excluding hydrogens is 212 g/mol. The van der Waals surface area contributed by atoms with Crippen LogP contribution in [-0.2, 0) is 0 Å². The lowest BCUT2D eigenvalue weighted by molar-refractivity contribution is 0.643. The Bertz CT molecular complexity index is 854. The molecule has 0 aliphatic rings. The first kappa shape index (κ1) is 8.82. The quantitative estimate of drug-likeness (QED) is 0.455. The Kier molecular flexibility index (Phi) is 1.50. The standard InChI is InChI=1S/C14H10N2O/c1-9-6-7-13-12(8-9)16-11-5-3-2-4-10(11)15-14(16)17-13/h2-8H,1H3. The van der Waals surface area contributed by atoms with Crippen molar-refractivity contribution in [1.29, 1.82) is 0 Å². The maximum absolute atomic E-state index is 5.74. The number of hydrogen-bond donors (Lipinski definition) is 0. The highest BCUT2D eigenvalue weighted by Crippen LogP contribution is 2.25. The fourth-order valence-corrected chi connectivity index (χ4v) is 2.29. The normalized spacial score (nSPS) is 11.8. The van der Waals surface area contributed by atoms with Gasteiger partial charge in [-0.3, -0.25) is 4.40 Å². The molecule has 4 rings (SSSR count). The van der Waals surface area contributed by atoms with Gasteiger partial charge in [-0.05, 0) is 36.8 Å². The maximum Gasteiger partial charge on any atom is 0.307 e. The van der Waals surface area contributed by atoms with Crippen LogP contribution >= 0.6 is 0 Å². The van der Waals surface area contributed by atoms with Gasteiger partial charge < -0.3 is 4.42 Å². The van der Waals surface area contributed by atoms with E-state index in [9.17, 15) is 0 Å². The number of oxazole rings is 1. The van der Waals surface area contributed by atoms with E-state index in [1.807, 2.05) is 30.3 Å². The molecule has 3 nitrogen and oxygen atoms in total. The molecule has 0 N–H and O–H groups in total. The Morgan fingerprint density at radius 2 is 1.94 bits per heavy atom. The van der Waals surface area contributed by atoms with Crippen LogP contribution in [0, 0.1) is 6.92 Å². The van der Waals surface area contributed by atoms with E-state index in [-0.39, 0.29) is 0 Å². The Morgan fingerprint density at radius 1 is 1.06 bits per heavy atom. The fourth-order valence-electron chi connectivity index (χ4n) is 2.29. The largest absolute Gasteiger partial charge is 0.423 e. The van der Waals surface area contributed by atoms with E-state index < -0.39 is 0 Å². The third kappa shape index (κ3) is 1.08. The van der Waals surface area contributed by atoms with Crippen molar-refractivity contribution in [2.24, 2.45) is 0 Å². The average molecular weight is 222 g/mol. The minimum Gasteiger partial charge on any atom is -0.423 e. The molecule has 4 aromatic rings. The van der Waals surface area contributed by atoms with Crippen molar-refractivity contribution in [3.8, 4) is 0 Å². The second kappa shape index (κ2) is 2.88. The van der Waals surface area contributed by atoms with Crippen molar-refractivity contribution in [1.82, 2.24) is 9.38 Å². The van der Waals surface area contributed by atoms with E-state index >= 15 is 0 Å². The van der Waals surface area contributed by atoms with Gasteiger partial charge >= 0.3 is 5.84 Å². The molecule has 2 aromatic heterocycles. The van der Waals surface area contributed by atoms with Gasteiger partial charge in [-0.15, -0.1) is 0 Å². The van der Waals surface area contributed by atoms with Crippen LogP contribution in [-0.4, -0.2) is 9.38 Å². The summed E-state index contributed by atoms with van der Waals surface area (Å²) in [4.78, 5) is 4.48. The lowest BCUT2D eigenvalue weighted by atomic mass is 10.2.